The quantitative estimate of drug-likeness (QED) is 0.642. The minimum absolute atomic E-state index is 0.125. The maximum Gasteiger partial charge on any atom is 0.307 e. The highest BCUT2D eigenvalue weighted by atomic mass is 16.4. The van der Waals surface area contributed by atoms with Gasteiger partial charge in [0.1, 0.15) is 0 Å². The van der Waals surface area contributed by atoms with Crippen LogP contribution in [0.4, 0.5) is 0 Å². The summed E-state index contributed by atoms with van der Waals surface area (Å²) in [4.78, 5) is 10.7. The van der Waals surface area contributed by atoms with Crippen LogP contribution in [0.25, 0.3) is 0 Å². The van der Waals surface area contributed by atoms with E-state index in [1.807, 2.05) is 19.9 Å². The van der Waals surface area contributed by atoms with Crippen molar-refractivity contribution < 1.29 is 9.90 Å². The Labute approximate surface area is 71.6 Å². The first-order chi connectivity index (χ1) is 5.63. The Morgan fingerprint density at radius 2 is 2.17 bits per heavy atom. The molecule has 0 aromatic carbocycles. The number of allylic oxidation sites excluding steroid dienone is 4. The largest absolute Gasteiger partial charge is 0.481 e. The van der Waals surface area contributed by atoms with Gasteiger partial charge in [0.25, 0.3) is 0 Å². The fourth-order valence-corrected chi connectivity index (χ4v) is 2.12. The highest BCUT2D eigenvalue weighted by Crippen LogP contribution is 2.57. The zero-order valence-corrected chi connectivity index (χ0v) is 7.24. The molecule has 0 saturated heterocycles. The van der Waals surface area contributed by atoms with Crippen molar-refractivity contribution in [3.8, 4) is 0 Å². The van der Waals surface area contributed by atoms with Crippen LogP contribution in [0.3, 0.4) is 0 Å². The second-order valence-electron chi connectivity index (χ2n) is 3.78. The number of carboxylic acid groups (broad SMARTS) is 1. The molecule has 0 aromatic rings. The number of hydrogen-bond donors (Lipinski definition) is 1. The zero-order valence-electron chi connectivity index (χ0n) is 7.24. The number of aliphatic carboxylic acids is 1. The highest BCUT2D eigenvalue weighted by molar-refractivity contribution is 5.77. The molecule has 1 fully saturated rings. The molecule has 3 unspecified atom stereocenters. The third-order valence-corrected chi connectivity index (χ3v) is 2.79. The first-order valence-electron chi connectivity index (χ1n) is 4.21. The third kappa shape index (κ3) is 0.840. The zero-order chi connectivity index (χ0) is 8.88. The molecule has 0 heterocycles. The standard InChI is InChI=1S/C10H12O2/c1-5(2)6-3-4-7-8(6)9(7)10(11)12/h3-4,7-9H,1-2H3,(H,11,12). The van der Waals surface area contributed by atoms with Crippen molar-refractivity contribution in [2.45, 2.75) is 13.8 Å². The van der Waals surface area contributed by atoms with Crippen LogP contribution in [-0.4, -0.2) is 11.1 Å². The Bertz CT molecular complexity index is 295. The number of carboxylic acids is 1. The molecule has 0 aliphatic heterocycles. The molecule has 64 valence electrons. The van der Waals surface area contributed by atoms with Crippen molar-refractivity contribution in [2.75, 3.05) is 0 Å². The Kier molecular flexibility index (Phi) is 1.40. The molecule has 3 atom stereocenters. The lowest BCUT2D eigenvalue weighted by Crippen LogP contribution is -2.02. The van der Waals surface area contributed by atoms with Gasteiger partial charge >= 0.3 is 5.97 Å². The summed E-state index contributed by atoms with van der Waals surface area (Å²) in [5.41, 5.74) is 2.50. The molecule has 0 bridgehead atoms. The van der Waals surface area contributed by atoms with E-state index in [1.165, 1.54) is 11.1 Å². The summed E-state index contributed by atoms with van der Waals surface area (Å²) in [6.07, 6.45) is 4.11. The molecule has 1 saturated carbocycles. The summed E-state index contributed by atoms with van der Waals surface area (Å²) in [5.74, 6) is -0.173. The molecule has 2 nitrogen and oxygen atoms in total. The average Bonchev–Trinajstić information content (AvgIpc) is 2.52. The fourth-order valence-electron chi connectivity index (χ4n) is 2.12. The molecule has 0 amide bonds. The summed E-state index contributed by atoms with van der Waals surface area (Å²) in [6, 6.07) is 0. The second-order valence-corrected chi connectivity index (χ2v) is 3.78. The normalized spacial score (nSPS) is 36.5. The van der Waals surface area contributed by atoms with Crippen LogP contribution < -0.4 is 0 Å². The second kappa shape index (κ2) is 2.22. The Balaban J connectivity index is 2.24. The summed E-state index contributed by atoms with van der Waals surface area (Å²) in [6.45, 7) is 4.08. The SMILES string of the molecule is CC(C)=C1C=CC2C(C(=O)O)C12. The summed E-state index contributed by atoms with van der Waals surface area (Å²) in [5, 5.41) is 8.80. The molecular weight excluding hydrogens is 152 g/mol. The van der Waals surface area contributed by atoms with Crippen LogP contribution in [0.1, 0.15) is 13.8 Å². The first kappa shape index (κ1) is 7.59. The minimum Gasteiger partial charge on any atom is -0.481 e. The maximum absolute atomic E-state index is 10.7. The van der Waals surface area contributed by atoms with Crippen LogP contribution in [0, 0.1) is 17.8 Å². The fraction of sp³-hybridized carbons (Fsp3) is 0.500. The van der Waals surface area contributed by atoms with Crippen molar-refractivity contribution in [3.63, 3.8) is 0 Å². The lowest BCUT2D eigenvalue weighted by Gasteiger charge is -2.00. The molecule has 1 N–H and O–H groups in total. The van der Waals surface area contributed by atoms with Crippen LogP contribution in [0.15, 0.2) is 23.3 Å². The van der Waals surface area contributed by atoms with Crippen molar-refractivity contribution >= 4 is 5.97 Å². The van der Waals surface area contributed by atoms with Crippen LogP contribution in [0.5, 0.6) is 0 Å². The lowest BCUT2D eigenvalue weighted by atomic mass is 10.1. The van der Waals surface area contributed by atoms with Gasteiger partial charge in [-0.25, -0.2) is 0 Å². The van der Waals surface area contributed by atoms with Gasteiger partial charge in [-0.1, -0.05) is 17.7 Å². The highest BCUT2D eigenvalue weighted by Gasteiger charge is 2.57. The Morgan fingerprint density at radius 3 is 2.58 bits per heavy atom. The number of rotatable bonds is 1. The molecule has 2 heteroatoms. The predicted octanol–water partition coefficient (Wildman–Crippen LogP) is 1.84. The van der Waals surface area contributed by atoms with E-state index in [4.69, 9.17) is 5.11 Å². The van der Waals surface area contributed by atoms with Gasteiger partial charge in [-0.3, -0.25) is 4.79 Å². The summed E-state index contributed by atoms with van der Waals surface area (Å²) < 4.78 is 0. The van der Waals surface area contributed by atoms with Crippen LogP contribution in [0.2, 0.25) is 0 Å². The van der Waals surface area contributed by atoms with E-state index < -0.39 is 5.97 Å². The molecule has 2 rings (SSSR count). The van der Waals surface area contributed by atoms with Gasteiger partial charge in [0.15, 0.2) is 0 Å². The molecule has 12 heavy (non-hydrogen) atoms. The van der Waals surface area contributed by atoms with E-state index in [2.05, 4.69) is 6.08 Å². The van der Waals surface area contributed by atoms with Gasteiger partial charge in [0, 0.05) is 5.92 Å². The number of hydrogen-bond acceptors (Lipinski definition) is 1. The summed E-state index contributed by atoms with van der Waals surface area (Å²) in [7, 11) is 0. The van der Waals surface area contributed by atoms with E-state index >= 15 is 0 Å². The van der Waals surface area contributed by atoms with Crippen LogP contribution in [-0.2, 0) is 4.79 Å². The number of carbonyl (C=O) groups is 1. The molecular formula is C10H12O2. The van der Waals surface area contributed by atoms with Crippen LogP contribution >= 0.6 is 0 Å². The lowest BCUT2D eigenvalue weighted by molar-refractivity contribution is -0.139. The van der Waals surface area contributed by atoms with Crippen molar-refractivity contribution in [1.82, 2.24) is 0 Å². The topological polar surface area (TPSA) is 37.3 Å². The predicted molar refractivity (Wildman–Crippen MR) is 45.6 cm³/mol. The molecule has 2 aliphatic rings. The van der Waals surface area contributed by atoms with Gasteiger partial charge < -0.3 is 5.11 Å². The van der Waals surface area contributed by atoms with Gasteiger partial charge in [0.2, 0.25) is 0 Å². The van der Waals surface area contributed by atoms with E-state index in [-0.39, 0.29) is 5.92 Å². The average molecular weight is 164 g/mol. The Hall–Kier alpha value is -1.05. The van der Waals surface area contributed by atoms with Gasteiger partial charge in [-0.2, -0.15) is 0 Å². The molecule has 2 aliphatic carbocycles. The molecule has 0 spiro atoms. The van der Waals surface area contributed by atoms with Crippen molar-refractivity contribution in [2.24, 2.45) is 17.8 Å². The van der Waals surface area contributed by atoms with Gasteiger partial charge in [-0.15, -0.1) is 0 Å². The van der Waals surface area contributed by atoms with E-state index in [9.17, 15) is 4.79 Å². The summed E-state index contributed by atoms with van der Waals surface area (Å²) >= 11 is 0. The number of fused-ring (bicyclic) bond motifs is 1. The van der Waals surface area contributed by atoms with Gasteiger partial charge in [0.05, 0.1) is 5.92 Å². The Morgan fingerprint density at radius 1 is 1.50 bits per heavy atom. The minimum atomic E-state index is -0.645. The monoisotopic (exact) mass is 164 g/mol. The van der Waals surface area contributed by atoms with E-state index in [0.717, 1.165) is 0 Å². The van der Waals surface area contributed by atoms with Gasteiger partial charge in [-0.05, 0) is 25.3 Å². The third-order valence-electron chi connectivity index (χ3n) is 2.79. The smallest absolute Gasteiger partial charge is 0.307 e. The molecule has 0 radical (unpaired) electrons. The van der Waals surface area contributed by atoms with E-state index in [0.29, 0.717) is 11.8 Å². The first-order valence-corrected chi connectivity index (χ1v) is 4.21. The molecule has 0 aromatic heterocycles. The van der Waals surface area contributed by atoms with Crippen molar-refractivity contribution in [3.05, 3.63) is 23.3 Å². The van der Waals surface area contributed by atoms with E-state index in [1.54, 1.807) is 0 Å². The van der Waals surface area contributed by atoms with Crippen molar-refractivity contribution in [1.29, 1.82) is 0 Å². The maximum atomic E-state index is 10.7.